The zero-order valence-electron chi connectivity index (χ0n) is 13.2. The first-order chi connectivity index (χ1) is 11.2. The highest BCUT2D eigenvalue weighted by atomic mass is 16.7. The molecule has 1 aliphatic rings. The lowest BCUT2D eigenvalue weighted by Crippen LogP contribution is -2.03. The summed E-state index contributed by atoms with van der Waals surface area (Å²) >= 11 is 0. The quantitative estimate of drug-likeness (QED) is 0.919. The summed E-state index contributed by atoms with van der Waals surface area (Å²) in [5.41, 5.74) is 2.44. The van der Waals surface area contributed by atoms with Gasteiger partial charge in [0, 0.05) is 11.6 Å². The van der Waals surface area contributed by atoms with E-state index in [1.165, 1.54) is 0 Å². The summed E-state index contributed by atoms with van der Waals surface area (Å²) in [6, 6.07) is 12.9. The minimum absolute atomic E-state index is 0.307. The predicted molar refractivity (Wildman–Crippen MR) is 84.7 cm³/mol. The van der Waals surface area contributed by atoms with Crippen molar-refractivity contribution < 1.29 is 24.1 Å². The molecule has 0 spiro atoms. The fourth-order valence-electron chi connectivity index (χ4n) is 2.57. The summed E-state index contributed by atoms with van der Waals surface area (Å²) in [6.45, 7) is 1.22. The summed E-state index contributed by atoms with van der Waals surface area (Å²) < 4.78 is 21.4. The van der Waals surface area contributed by atoms with E-state index >= 15 is 0 Å². The molecule has 0 bridgehead atoms. The van der Waals surface area contributed by atoms with Crippen LogP contribution >= 0.6 is 0 Å². The van der Waals surface area contributed by atoms with E-state index in [0.29, 0.717) is 30.3 Å². The minimum Gasteiger partial charge on any atom is -0.497 e. The van der Waals surface area contributed by atoms with Gasteiger partial charge >= 0.3 is 0 Å². The van der Waals surface area contributed by atoms with Gasteiger partial charge in [-0.25, -0.2) is 0 Å². The maximum absolute atomic E-state index is 10.6. The fourth-order valence-corrected chi connectivity index (χ4v) is 2.57. The molecule has 1 fully saturated rings. The summed E-state index contributed by atoms with van der Waals surface area (Å²) in [7, 11) is 3.17. The van der Waals surface area contributed by atoms with E-state index in [2.05, 4.69) is 0 Å². The molecule has 23 heavy (non-hydrogen) atoms. The zero-order valence-corrected chi connectivity index (χ0v) is 13.2. The lowest BCUT2D eigenvalue weighted by Gasteiger charge is -2.16. The number of aliphatic hydroxyl groups excluding tert-OH is 1. The number of aliphatic hydroxyl groups is 1. The largest absolute Gasteiger partial charge is 0.497 e. The van der Waals surface area contributed by atoms with Crippen LogP contribution in [-0.2, 0) is 9.47 Å². The van der Waals surface area contributed by atoms with Crippen molar-refractivity contribution in [2.45, 2.75) is 12.4 Å². The van der Waals surface area contributed by atoms with Gasteiger partial charge in [0.2, 0.25) is 0 Å². The normalized spacial score (nSPS) is 16.3. The smallest absolute Gasteiger partial charge is 0.184 e. The van der Waals surface area contributed by atoms with Crippen molar-refractivity contribution in [1.82, 2.24) is 0 Å². The number of ether oxygens (including phenoxy) is 4. The molecule has 0 radical (unpaired) electrons. The van der Waals surface area contributed by atoms with E-state index in [0.717, 1.165) is 11.1 Å². The van der Waals surface area contributed by atoms with Crippen LogP contribution in [0.1, 0.15) is 29.1 Å². The molecular weight excluding hydrogens is 296 g/mol. The molecule has 0 saturated carbocycles. The van der Waals surface area contributed by atoms with Crippen LogP contribution in [0.3, 0.4) is 0 Å². The first-order valence-corrected chi connectivity index (χ1v) is 7.45. The molecule has 0 amide bonds. The van der Waals surface area contributed by atoms with Crippen LogP contribution in [0.4, 0.5) is 0 Å². The summed E-state index contributed by atoms with van der Waals surface area (Å²) in [6.07, 6.45) is -1.07. The lowest BCUT2D eigenvalue weighted by atomic mass is 9.99. The summed E-state index contributed by atoms with van der Waals surface area (Å²) in [4.78, 5) is 0. The Balaban J connectivity index is 1.83. The molecule has 5 heteroatoms. The monoisotopic (exact) mass is 316 g/mol. The second kappa shape index (κ2) is 7.00. The third-order valence-electron chi connectivity index (χ3n) is 3.84. The van der Waals surface area contributed by atoms with E-state index in [9.17, 15) is 5.11 Å². The van der Waals surface area contributed by atoms with Crippen LogP contribution in [0.15, 0.2) is 42.5 Å². The van der Waals surface area contributed by atoms with Gasteiger partial charge in [-0.05, 0) is 23.3 Å². The number of benzene rings is 2. The summed E-state index contributed by atoms with van der Waals surface area (Å²) in [5, 5.41) is 10.6. The Bertz CT molecular complexity index is 625. The first kappa shape index (κ1) is 15.8. The third-order valence-corrected chi connectivity index (χ3v) is 3.84. The molecule has 5 nitrogen and oxygen atoms in total. The van der Waals surface area contributed by atoms with Crippen molar-refractivity contribution in [3.05, 3.63) is 59.2 Å². The highest BCUT2D eigenvalue weighted by molar-refractivity contribution is 5.42. The highest BCUT2D eigenvalue weighted by Gasteiger charge is 2.19. The number of rotatable bonds is 5. The van der Waals surface area contributed by atoms with Crippen molar-refractivity contribution in [3.8, 4) is 11.5 Å². The lowest BCUT2D eigenvalue weighted by molar-refractivity contribution is -0.0441. The molecule has 0 aliphatic carbocycles. The zero-order chi connectivity index (χ0) is 16.2. The molecule has 1 atom stereocenters. The van der Waals surface area contributed by atoms with Gasteiger partial charge in [0.1, 0.15) is 17.6 Å². The van der Waals surface area contributed by atoms with Crippen molar-refractivity contribution >= 4 is 0 Å². The molecule has 2 aromatic carbocycles. The fraction of sp³-hybridized carbons (Fsp3) is 0.333. The van der Waals surface area contributed by atoms with E-state index in [1.807, 2.05) is 24.3 Å². The van der Waals surface area contributed by atoms with Gasteiger partial charge in [-0.1, -0.05) is 24.3 Å². The Labute approximate surface area is 135 Å². The molecule has 2 aromatic rings. The van der Waals surface area contributed by atoms with Crippen molar-refractivity contribution in [1.29, 1.82) is 0 Å². The molecule has 1 aliphatic heterocycles. The highest BCUT2D eigenvalue weighted by Crippen LogP contribution is 2.31. The van der Waals surface area contributed by atoms with E-state index in [1.54, 1.807) is 32.4 Å². The van der Waals surface area contributed by atoms with Crippen molar-refractivity contribution in [3.63, 3.8) is 0 Å². The molecule has 0 aromatic heterocycles. The van der Waals surface area contributed by atoms with Gasteiger partial charge in [0.25, 0.3) is 0 Å². The van der Waals surface area contributed by atoms with Crippen molar-refractivity contribution in [2.24, 2.45) is 0 Å². The van der Waals surface area contributed by atoms with Crippen LogP contribution in [-0.4, -0.2) is 32.5 Å². The maximum atomic E-state index is 10.6. The Kier molecular flexibility index (Phi) is 4.81. The van der Waals surface area contributed by atoms with E-state index in [4.69, 9.17) is 18.9 Å². The molecule has 3 rings (SSSR count). The molecule has 1 heterocycles. The Morgan fingerprint density at radius 3 is 2.00 bits per heavy atom. The van der Waals surface area contributed by atoms with Gasteiger partial charge in [0.05, 0.1) is 27.4 Å². The second-order valence-electron chi connectivity index (χ2n) is 5.29. The Hall–Kier alpha value is -2.08. The van der Waals surface area contributed by atoms with Gasteiger partial charge in [0.15, 0.2) is 6.29 Å². The van der Waals surface area contributed by atoms with Gasteiger partial charge in [-0.2, -0.15) is 0 Å². The predicted octanol–water partition coefficient (Wildman–Crippen LogP) is 2.83. The maximum Gasteiger partial charge on any atom is 0.184 e. The Morgan fingerprint density at radius 2 is 1.48 bits per heavy atom. The van der Waals surface area contributed by atoms with Gasteiger partial charge in [-0.3, -0.25) is 0 Å². The van der Waals surface area contributed by atoms with Crippen LogP contribution < -0.4 is 9.47 Å². The standard InChI is InChI=1S/C18H20O5/c1-20-15-9-14(10-16(11-15)21-2)17(19)12-3-5-13(6-4-12)18-22-7-8-23-18/h3-6,9-11,17-19H,7-8H2,1-2H3. The Morgan fingerprint density at radius 1 is 0.913 bits per heavy atom. The second-order valence-corrected chi connectivity index (χ2v) is 5.29. The molecule has 1 unspecified atom stereocenters. The van der Waals surface area contributed by atoms with Crippen LogP contribution in [0, 0.1) is 0 Å². The minimum atomic E-state index is -0.765. The van der Waals surface area contributed by atoms with E-state index in [-0.39, 0.29) is 6.29 Å². The van der Waals surface area contributed by atoms with Crippen LogP contribution in [0.2, 0.25) is 0 Å². The number of hydrogen-bond acceptors (Lipinski definition) is 5. The average Bonchev–Trinajstić information content (AvgIpc) is 3.15. The number of hydrogen-bond donors (Lipinski definition) is 1. The first-order valence-electron chi connectivity index (χ1n) is 7.45. The molecule has 1 saturated heterocycles. The van der Waals surface area contributed by atoms with E-state index < -0.39 is 6.10 Å². The summed E-state index contributed by atoms with van der Waals surface area (Å²) in [5.74, 6) is 1.28. The molecule has 122 valence electrons. The third kappa shape index (κ3) is 3.47. The molecule has 1 N–H and O–H groups in total. The van der Waals surface area contributed by atoms with Crippen LogP contribution in [0.5, 0.6) is 11.5 Å². The van der Waals surface area contributed by atoms with Crippen LogP contribution in [0.25, 0.3) is 0 Å². The van der Waals surface area contributed by atoms with Gasteiger partial charge < -0.3 is 24.1 Å². The topological polar surface area (TPSA) is 57.2 Å². The SMILES string of the molecule is COc1cc(OC)cc(C(O)c2ccc(C3OCCO3)cc2)c1. The average molecular weight is 316 g/mol. The molecular formula is C18H20O5. The number of methoxy groups -OCH3 is 2. The van der Waals surface area contributed by atoms with Crippen molar-refractivity contribution in [2.75, 3.05) is 27.4 Å². The van der Waals surface area contributed by atoms with Gasteiger partial charge in [-0.15, -0.1) is 0 Å².